The third-order valence-electron chi connectivity index (χ3n) is 8.22. The van der Waals surface area contributed by atoms with Gasteiger partial charge in [-0.25, -0.2) is 18.9 Å². The smallest absolute Gasteiger partial charge is 0.224 e. The van der Waals surface area contributed by atoms with Crippen molar-refractivity contribution in [3.8, 4) is 33.8 Å². The van der Waals surface area contributed by atoms with E-state index in [0.717, 1.165) is 70.8 Å². The molecule has 7 rings (SSSR count). The quantitative estimate of drug-likeness (QED) is 0.222. The van der Waals surface area contributed by atoms with Crippen molar-refractivity contribution in [1.29, 1.82) is 0 Å². The maximum atomic E-state index is 13.9. The topological polar surface area (TPSA) is 67.1 Å². The first-order chi connectivity index (χ1) is 19.7. The zero-order valence-corrected chi connectivity index (χ0v) is 22.5. The van der Waals surface area contributed by atoms with Gasteiger partial charge in [-0.05, 0) is 68.1 Å². The Labute approximate surface area is 233 Å². The second kappa shape index (κ2) is 10.7. The Morgan fingerprint density at radius 2 is 1.35 bits per heavy atom. The number of hydrogen-bond acceptors (Lipinski definition) is 5. The van der Waals surface area contributed by atoms with Gasteiger partial charge in [0.25, 0.3) is 0 Å². The number of nitrogens with one attached hydrogen (secondary N) is 2. The molecule has 0 aliphatic heterocycles. The molecular weight excluding hydrogens is 499 g/mol. The molecular formula is C33H33FN6. The van der Waals surface area contributed by atoms with E-state index in [1.54, 1.807) is 12.1 Å². The summed E-state index contributed by atoms with van der Waals surface area (Å²) in [4.78, 5) is 10.0. The molecule has 0 radical (unpaired) electrons. The van der Waals surface area contributed by atoms with E-state index in [1.165, 1.54) is 37.8 Å². The van der Waals surface area contributed by atoms with Crippen LogP contribution in [0.4, 0.5) is 16.2 Å². The highest BCUT2D eigenvalue weighted by Crippen LogP contribution is 2.38. The van der Waals surface area contributed by atoms with Crippen LogP contribution < -0.4 is 10.6 Å². The third kappa shape index (κ3) is 4.92. The van der Waals surface area contributed by atoms with E-state index in [0.29, 0.717) is 18.0 Å². The average molecular weight is 533 g/mol. The molecule has 0 unspecified atom stereocenters. The molecule has 7 heteroatoms. The van der Waals surface area contributed by atoms with Gasteiger partial charge in [-0.2, -0.15) is 5.10 Å². The van der Waals surface area contributed by atoms with Gasteiger partial charge in [0.05, 0.1) is 22.5 Å². The number of halogens is 1. The molecule has 2 N–H and O–H groups in total. The molecule has 0 bridgehead atoms. The number of pyridine rings is 1. The van der Waals surface area contributed by atoms with Crippen molar-refractivity contribution in [1.82, 2.24) is 19.6 Å². The fourth-order valence-corrected chi connectivity index (χ4v) is 6.17. The summed E-state index contributed by atoms with van der Waals surface area (Å²) in [6, 6.07) is 25.9. The molecule has 40 heavy (non-hydrogen) atoms. The molecule has 202 valence electrons. The second-order valence-electron chi connectivity index (χ2n) is 11.0. The van der Waals surface area contributed by atoms with E-state index in [2.05, 4.69) is 47.0 Å². The number of aromatic nitrogens is 4. The average Bonchev–Trinajstić information content (AvgIpc) is 3.76. The van der Waals surface area contributed by atoms with Gasteiger partial charge in [0, 0.05) is 23.2 Å². The van der Waals surface area contributed by atoms with Crippen LogP contribution in [0.25, 0.3) is 39.3 Å². The van der Waals surface area contributed by atoms with Gasteiger partial charge >= 0.3 is 0 Å². The fourth-order valence-electron chi connectivity index (χ4n) is 6.17. The first-order valence-electron chi connectivity index (χ1n) is 14.5. The van der Waals surface area contributed by atoms with Crippen LogP contribution in [0.2, 0.25) is 0 Å². The first-order valence-corrected chi connectivity index (χ1v) is 14.5. The fraction of sp³-hybridized carbons (Fsp3) is 0.303. The van der Waals surface area contributed by atoms with Gasteiger partial charge in [-0.3, -0.25) is 0 Å². The van der Waals surface area contributed by atoms with Crippen LogP contribution in [0, 0.1) is 5.82 Å². The number of benzene rings is 2. The minimum absolute atomic E-state index is 0.269. The van der Waals surface area contributed by atoms with E-state index in [9.17, 15) is 4.39 Å². The van der Waals surface area contributed by atoms with Crippen LogP contribution in [-0.4, -0.2) is 31.7 Å². The van der Waals surface area contributed by atoms with Crippen LogP contribution in [-0.2, 0) is 0 Å². The second-order valence-corrected chi connectivity index (χ2v) is 11.0. The highest BCUT2D eigenvalue weighted by Gasteiger charge is 2.23. The predicted molar refractivity (Wildman–Crippen MR) is 159 cm³/mol. The SMILES string of the molecule is Fc1ccc(-c2nn3c(NC4CCCC4)cccc3c2-c2cc(-c3ccccc3)nc(NC3CCCC3)n2)cc1. The van der Waals surface area contributed by atoms with Crippen molar-refractivity contribution in [2.24, 2.45) is 0 Å². The normalized spacial score (nSPS) is 16.1. The molecule has 2 aliphatic rings. The van der Waals surface area contributed by atoms with Crippen molar-refractivity contribution in [3.63, 3.8) is 0 Å². The monoisotopic (exact) mass is 532 g/mol. The Morgan fingerprint density at radius 3 is 2.08 bits per heavy atom. The lowest BCUT2D eigenvalue weighted by atomic mass is 10.0. The highest BCUT2D eigenvalue weighted by molar-refractivity contribution is 5.92. The molecule has 2 saturated carbocycles. The molecule has 2 aliphatic carbocycles. The van der Waals surface area contributed by atoms with Crippen LogP contribution in [0.1, 0.15) is 51.4 Å². The number of fused-ring (bicyclic) bond motifs is 1. The van der Waals surface area contributed by atoms with E-state index in [4.69, 9.17) is 15.1 Å². The van der Waals surface area contributed by atoms with E-state index < -0.39 is 0 Å². The Hall–Kier alpha value is -4.26. The maximum Gasteiger partial charge on any atom is 0.224 e. The van der Waals surface area contributed by atoms with Gasteiger partial charge in [0.1, 0.15) is 17.3 Å². The molecule has 6 nitrogen and oxygen atoms in total. The van der Waals surface area contributed by atoms with E-state index >= 15 is 0 Å². The van der Waals surface area contributed by atoms with Gasteiger partial charge in [-0.15, -0.1) is 0 Å². The molecule has 0 amide bonds. The Morgan fingerprint density at radius 1 is 0.675 bits per heavy atom. The van der Waals surface area contributed by atoms with Crippen LogP contribution in [0.3, 0.4) is 0 Å². The summed E-state index contributed by atoms with van der Waals surface area (Å²) in [5, 5.41) is 12.5. The van der Waals surface area contributed by atoms with Gasteiger partial charge < -0.3 is 10.6 Å². The van der Waals surface area contributed by atoms with Crippen LogP contribution in [0.5, 0.6) is 0 Å². The largest absolute Gasteiger partial charge is 0.367 e. The molecule has 2 aromatic carbocycles. The van der Waals surface area contributed by atoms with Gasteiger partial charge in [0.15, 0.2) is 0 Å². The number of nitrogens with zero attached hydrogens (tertiary/aromatic N) is 4. The zero-order chi connectivity index (χ0) is 26.9. The van der Waals surface area contributed by atoms with E-state index in [1.807, 2.05) is 22.7 Å². The third-order valence-corrected chi connectivity index (χ3v) is 8.22. The van der Waals surface area contributed by atoms with Crippen molar-refractivity contribution in [3.05, 3.63) is 84.7 Å². The molecule has 0 atom stereocenters. The molecule has 0 spiro atoms. The van der Waals surface area contributed by atoms with Crippen LogP contribution in [0.15, 0.2) is 78.9 Å². The van der Waals surface area contributed by atoms with Gasteiger partial charge in [0.2, 0.25) is 5.95 Å². The summed E-state index contributed by atoms with van der Waals surface area (Å²) in [5.74, 6) is 1.32. The molecule has 5 aromatic rings. The first kappa shape index (κ1) is 24.8. The zero-order valence-electron chi connectivity index (χ0n) is 22.5. The standard InChI is InChI=1S/C33H33FN6/c34-24-19-17-23(18-20-24)32-31(29-15-8-16-30(40(29)39-32)35-25-11-4-5-12-25)28-21-27(22-9-2-1-3-10-22)37-33(38-28)36-26-13-6-7-14-26/h1-3,8-10,15-21,25-26,35H,4-7,11-14H2,(H,36,37,38). The molecule has 0 saturated heterocycles. The highest BCUT2D eigenvalue weighted by atomic mass is 19.1. The summed E-state index contributed by atoms with van der Waals surface area (Å²) >= 11 is 0. The van der Waals surface area contributed by atoms with Crippen LogP contribution >= 0.6 is 0 Å². The van der Waals surface area contributed by atoms with Crippen molar-refractivity contribution >= 4 is 17.3 Å². The summed E-state index contributed by atoms with van der Waals surface area (Å²) in [6.07, 6.45) is 9.53. The number of anilines is 2. The van der Waals surface area contributed by atoms with Crippen molar-refractivity contribution in [2.75, 3.05) is 10.6 Å². The van der Waals surface area contributed by atoms with Gasteiger partial charge in [-0.1, -0.05) is 62.1 Å². The Balaban J connectivity index is 1.42. The summed E-state index contributed by atoms with van der Waals surface area (Å²) < 4.78 is 15.9. The lowest BCUT2D eigenvalue weighted by Gasteiger charge is -2.15. The van der Waals surface area contributed by atoms with Crippen molar-refractivity contribution < 1.29 is 4.39 Å². The lowest BCUT2D eigenvalue weighted by Crippen LogP contribution is -2.17. The molecule has 2 fully saturated rings. The summed E-state index contributed by atoms with van der Waals surface area (Å²) in [6.45, 7) is 0. The molecule has 3 heterocycles. The summed E-state index contributed by atoms with van der Waals surface area (Å²) in [5.41, 5.74) is 6.16. The lowest BCUT2D eigenvalue weighted by molar-refractivity contribution is 0.628. The van der Waals surface area contributed by atoms with Crippen molar-refractivity contribution in [2.45, 2.75) is 63.5 Å². The Kier molecular flexibility index (Phi) is 6.63. The predicted octanol–water partition coefficient (Wildman–Crippen LogP) is 7.97. The number of rotatable bonds is 7. The maximum absolute atomic E-state index is 13.9. The Bertz CT molecular complexity index is 1620. The molecule has 3 aromatic heterocycles. The number of hydrogen-bond donors (Lipinski definition) is 2. The van der Waals surface area contributed by atoms with E-state index in [-0.39, 0.29) is 5.82 Å². The summed E-state index contributed by atoms with van der Waals surface area (Å²) in [7, 11) is 0. The minimum atomic E-state index is -0.269. The minimum Gasteiger partial charge on any atom is -0.367 e.